The number of fused-ring (bicyclic) bond motifs is 1. The number of aromatic nitrogens is 1. The van der Waals surface area contributed by atoms with Crippen molar-refractivity contribution < 1.29 is 13.5 Å². The molecule has 6 heteroatoms. The minimum absolute atomic E-state index is 0.0672. The van der Waals surface area contributed by atoms with E-state index in [-0.39, 0.29) is 17.7 Å². The summed E-state index contributed by atoms with van der Waals surface area (Å²) in [6.45, 7) is 8.57. The minimum Gasteiger partial charge on any atom is -0.497 e. The summed E-state index contributed by atoms with van der Waals surface area (Å²) in [5.41, 5.74) is 3.30. The highest BCUT2D eigenvalue weighted by atomic mass is 19.1. The van der Waals surface area contributed by atoms with Crippen LogP contribution in [0.3, 0.4) is 0 Å². The molecular formula is C30H37F2N3O. The number of piperidine rings is 1. The zero-order valence-corrected chi connectivity index (χ0v) is 22.2. The Morgan fingerprint density at radius 2 is 2.06 bits per heavy atom. The molecular weight excluding hydrogens is 456 g/mol. The molecule has 0 aliphatic carbocycles. The van der Waals surface area contributed by atoms with Gasteiger partial charge >= 0.3 is 0 Å². The molecule has 0 bridgehead atoms. The third kappa shape index (κ3) is 6.42. The summed E-state index contributed by atoms with van der Waals surface area (Å²) in [6, 6.07) is 6.53. The van der Waals surface area contributed by atoms with E-state index in [1.54, 1.807) is 32.4 Å². The highest BCUT2D eigenvalue weighted by Crippen LogP contribution is 2.32. The van der Waals surface area contributed by atoms with E-state index in [0.717, 1.165) is 53.4 Å². The second kappa shape index (κ2) is 12.5. The van der Waals surface area contributed by atoms with Crippen LogP contribution in [0.1, 0.15) is 47.0 Å². The number of hydrogen-bond acceptors (Lipinski definition) is 4. The normalized spacial score (nSPS) is 18.6. The third-order valence-corrected chi connectivity index (χ3v) is 6.38. The smallest absolute Gasteiger partial charge is 0.134 e. The van der Waals surface area contributed by atoms with Crippen LogP contribution in [0.15, 0.2) is 88.8 Å². The number of benzene rings is 1. The van der Waals surface area contributed by atoms with Crippen molar-refractivity contribution >= 4 is 16.6 Å². The number of hydrogen-bond donors (Lipinski definition) is 1. The zero-order valence-electron chi connectivity index (χ0n) is 22.2. The SMILES string of the molecule is C\C=C(F)/C(=C\C(=C\CC)OC)C(/C=C1/C(Nc2nccc3ccc(F)cc23)CCCN1C)=C(C)C. The number of anilines is 1. The molecule has 2 heterocycles. The van der Waals surface area contributed by atoms with Crippen molar-refractivity contribution in [2.45, 2.75) is 53.0 Å². The number of likely N-dealkylation sites (tertiary alicyclic amines) is 1. The molecule has 1 N–H and O–H groups in total. The minimum atomic E-state index is -0.309. The summed E-state index contributed by atoms with van der Waals surface area (Å²) in [5, 5.41) is 5.21. The molecule has 0 saturated carbocycles. The van der Waals surface area contributed by atoms with Crippen molar-refractivity contribution in [1.82, 2.24) is 9.88 Å². The number of methoxy groups -OCH3 is 1. The number of rotatable bonds is 8. The lowest BCUT2D eigenvalue weighted by Crippen LogP contribution is -2.38. The molecule has 1 aliphatic heterocycles. The van der Waals surface area contributed by atoms with E-state index in [4.69, 9.17) is 4.74 Å². The number of nitrogens with one attached hydrogen (secondary N) is 1. The van der Waals surface area contributed by atoms with Gasteiger partial charge in [0.15, 0.2) is 0 Å². The molecule has 0 amide bonds. The van der Waals surface area contributed by atoms with E-state index in [0.29, 0.717) is 17.2 Å². The lowest BCUT2D eigenvalue weighted by molar-refractivity contribution is 0.305. The Bertz CT molecular complexity index is 1240. The molecule has 3 rings (SSSR count). The van der Waals surface area contributed by atoms with Gasteiger partial charge in [-0.15, -0.1) is 0 Å². The number of ether oxygens (including phenoxy) is 1. The summed E-state index contributed by atoms with van der Waals surface area (Å²) < 4.78 is 34.8. The molecule has 1 atom stereocenters. The predicted octanol–water partition coefficient (Wildman–Crippen LogP) is 7.84. The van der Waals surface area contributed by atoms with Crippen molar-refractivity contribution in [3.63, 3.8) is 0 Å². The van der Waals surface area contributed by atoms with Crippen molar-refractivity contribution in [3.8, 4) is 0 Å². The molecule has 1 saturated heterocycles. The van der Waals surface area contributed by atoms with Crippen LogP contribution in [-0.4, -0.2) is 36.6 Å². The third-order valence-electron chi connectivity index (χ3n) is 6.38. The molecule has 1 aliphatic rings. The van der Waals surface area contributed by atoms with E-state index in [1.165, 1.54) is 18.2 Å². The van der Waals surface area contributed by atoms with Gasteiger partial charge in [-0.3, -0.25) is 0 Å². The summed E-state index contributed by atoms with van der Waals surface area (Å²) >= 11 is 0. The predicted molar refractivity (Wildman–Crippen MR) is 146 cm³/mol. The first kappa shape index (κ1) is 27.2. The van der Waals surface area contributed by atoms with Gasteiger partial charge in [0.25, 0.3) is 0 Å². The van der Waals surface area contributed by atoms with E-state index in [2.05, 4.69) is 21.3 Å². The van der Waals surface area contributed by atoms with Gasteiger partial charge in [-0.05, 0) is 87.4 Å². The Morgan fingerprint density at radius 3 is 2.72 bits per heavy atom. The fourth-order valence-corrected chi connectivity index (χ4v) is 4.47. The van der Waals surface area contributed by atoms with E-state index < -0.39 is 0 Å². The largest absolute Gasteiger partial charge is 0.497 e. The number of halogens is 2. The topological polar surface area (TPSA) is 37.4 Å². The molecule has 1 fully saturated rings. The molecule has 192 valence electrons. The van der Waals surface area contributed by atoms with Crippen LogP contribution >= 0.6 is 0 Å². The average molecular weight is 494 g/mol. The van der Waals surface area contributed by atoms with Crippen molar-refractivity contribution in [2.24, 2.45) is 0 Å². The average Bonchev–Trinajstić information content (AvgIpc) is 2.86. The summed E-state index contributed by atoms with van der Waals surface area (Å²) in [6.07, 6.45) is 11.6. The molecule has 4 nitrogen and oxygen atoms in total. The standard InChI is InChI=1S/C30H37F2N3O/c1-7-10-23(36-6)18-26(27(32)8-2)24(20(3)4)19-29-28(11-9-16-35(29)5)34-30-25-17-22(31)13-12-21(25)14-15-33-30/h8,10,12-15,17-19,28H,7,9,11,16H2,1-6H3,(H,33,34)/b23-10-,26-18-,27-8+,29-19-. The Hall–Kier alpha value is -3.41. The number of allylic oxidation sites excluding steroid dienone is 8. The highest BCUT2D eigenvalue weighted by molar-refractivity contribution is 5.91. The summed E-state index contributed by atoms with van der Waals surface area (Å²) in [4.78, 5) is 6.72. The lowest BCUT2D eigenvalue weighted by Gasteiger charge is -2.36. The van der Waals surface area contributed by atoms with E-state index >= 15 is 4.39 Å². The maximum atomic E-state index is 15.2. The van der Waals surface area contributed by atoms with Crippen LogP contribution in [0.4, 0.5) is 14.6 Å². The number of pyridine rings is 1. The lowest BCUT2D eigenvalue weighted by atomic mass is 9.93. The van der Waals surface area contributed by atoms with Crippen LogP contribution in [-0.2, 0) is 4.74 Å². The molecule has 1 aromatic heterocycles. The van der Waals surface area contributed by atoms with Gasteiger partial charge in [-0.1, -0.05) is 24.6 Å². The van der Waals surface area contributed by atoms with Gasteiger partial charge in [0, 0.05) is 36.4 Å². The highest BCUT2D eigenvalue weighted by Gasteiger charge is 2.25. The quantitative estimate of drug-likeness (QED) is 0.300. The molecule has 2 aromatic rings. The van der Waals surface area contributed by atoms with Gasteiger partial charge in [-0.2, -0.15) is 0 Å². The van der Waals surface area contributed by atoms with Crippen LogP contribution in [0.25, 0.3) is 10.8 Å². The molecule has 1 unspecified atom stereocenters. The Balaban J connectivity index is 2.10. The van der Waals surface area contributed by atoms with Crippen molar-refractivity contribution in [1.29, 1.82) is 0 Å². The molecule has 0 radical (unpaired) electrons. The zero-order chi connectivity index (χ0) is 26.2. The van der Waals surface area contributed by atoms with Gasteiger partial charge in [-0.25, -0.2) is 13.8 Å². The second-order valence-corrected chi connectivity index (χ2v) is 9.18. The van der Waals surface area contributed by atoms with Gasteiger partial charge < -0.3 is 15.0 Å². The van der Waals surface area contributed by atoms with Gasteiger partial charge in [0.1, 0.15) is 23.2 Å². The molecule has 36 heavy (non-hydrogen) atoms. The summed E-state index contributed by atoms with van der Waals surface area (Å²) in [7, 11) is 3.64. The van der Waals surface area contributed by atoms with Crippen molar-refractivity contribution in [2.75, 3.05) is 26.0 Å². The van der Waals surface area contributed by atoms with Crippen LogP contribution in [0.5, 0.6) is 0 Å². The molecule has 1 aromatic carbocycles. The second-order valence-electron chi connectivity index (χ2n) is 9.18. The van der Waals surface area contributed by atoms with Crippen LogP contribution in [0.2, 0.25) is 0 Å². The Kier molecular flexibility index (Phi) is 9.45. The fourth-order valence-electron chi connectivity index (χ4n) is 4.47. The fraction of sp³-hybridized carbons (Fsp3) is 0.367. The van der Waals surface area contributed by atoms with Crippen LogP contribution < -0.4 is 5.32 Å². The molecule has 0 spiro atoms. The first-order valence-corrected chi connectivity index (χ1v) is 12.5. The van der Waals surface area contributed by atoms with E-state index in [9.17, 15) is 4.39 Å². The monoisotopic (exact) mass is 493 g/mol. The summed E-state index contributed by atoms with van der Waals surface area (Å²) in [5.74, 6) is 0.652. The van der Waals surface area contributed by atoms with E-state index in [1.807, 2.05) is 40.0 Å². The first-order valence-electron chi connectivity index (χ1n) is 12.5. The van der Waals surface area contributed by atoms with Gasteiger partial charge in [0.2, 0.25) is 0 Å². The Labute approximate surface area is 213 Å². The number of likely N-dealkylation sites (N-methyl/N-ethyl adjacent to an activating group) is 1. The maximum Gasteiger partial charge on any atom is 0.134 e. The Morgan fingerprint density at radius 1 is 1.28 bits per heavy atom. The maximum absolute atomic E-state index is 15.2. The number of nitrogens with zero attached hydrogens (tertiary/aromatic N) is 2. The van der Waals surface area contributed by atoms with Gasteiger partial charge in [0.05, 0.1) is 13.2 Å². The first-order chi connectivity index (χ1) is 17.3. The van der Waals surface area contributed by atoms with Crippen molar-refractivity contribution in [3.05, 3.63) is 94.6 Å². The van der Waals surface area contributed by atoms with Crippen LogP contribution in [0, 0.1) is 5.82 Å².